The molecule has 0 radical (unpaired) electrons. The van der Waals surface area contributed by atoms with Crippen LogP contribution in [0.2, 0.25) is 0 Å². The van der Waals surface area contributed by atoms with E-state index in [2.05, 4.69) is 46.1 Å². The van der Waals surface area contributed by atoms with E-state index in [-0.39, 0.29) is 5.92 Å². The molecule has 2 atom stereocenters. The standard InChI is InChI=1S/C20H26N4O/c1-15-4-3-5-16(10-15)13-23-6-8-24(9-7-23)20(25)19-11-18(19)17-12-21-22(2)14-17/h3-5,10,12,14,18-19H,6-9,11,13H2,1-2H3/t18-,19+/m0/s1. The average Bonchev–Trinajstić information content (AvgIpc) is 3.29. The van der Waals surface area contributed by atoms with E-state index >= 15 is 0 Å². The molecule has 5 heteroatoms. The molecule has 1 amide bonds. The number of hydrogen-bond donors (Lipinski definition) is 0. The van der Waals surface area contributed by atoms with Crippen LogP contribution in [-0.4, -0.2) is 51.7 Å². The van der Waals surface area contributed by atoms with E-state index in [0.717, 1.165) is 39.1 Å². The number of nitrogens with zero attached hydrogens (tertiary/aromatic N) is 4. The molecule has 4 rings (SSSR count). The first-order valence-electron chi connectivity index (χ1n) is 9.15. The minimum atomic E-state index is 0.174. The monoisotopic (exact) mass is 338 g/mol. The molecule has 1 saturated heterocycles. The van der Waals surface area contributed by atoms with Crippen LogP contribution in [0.25, 0.3) is 0 Å². The molecule has 2 aromatic rings. The second-order valence-electron chi connectivity index (χ2n) is 7.49. The average molecular weight is 338 g/mol. The number of amides is 1. The van der Waals surface area contributed by atoms with Crippen LogP contribution in [0.5, 0.6) is 0 Å². The minimum Gasteiger partial charge on any atom is -0.340 e. The van der Waals surface area contributed by atoms with Gasteiger partial charge in [0.1, 0.15) is 0 Å². The first-order chi connectivity index (χ1) is 12.1. The molecule has 2 fully saturated rings. The predicted octanol–water partition coefficient (Wildman–Crippen LogP) is 2.18. The van der Waals surface area contributed by atoms with Crippen LogP contribution in [0, 0.1) is 12.8 Å². The van der Waals surface area contributed by atoms with Gasteiger partial charge in [0.05, 0.1) is 6.20 Å². The van der Waals surface area contributed by atoms with Gasteiger partial charge in [-0.15, -0.1) is 0 Å². The molecule has 2 heterocycles. The van der Waals surface area contributed by atoms with Crippen molar-refractivity contribution >= 4 is 5.91 Å². The molecule has 0 unspecified atom stereocenters. The van der Waals surface area contributed by atoms with E-state index in [1.807, 2.05) is 24.1 Å². The van der Waals surface area contributed by atoms with Crippen LogP contribution in [-0.2, 0) is 18.4 Å². The summed E-state index contributed by atoms with van der Waals surface area (Å²) in [5.41, 5.74) is 3.87. The molecule has 0 spiro atoms. The predicted molar refractivity (Wildman–Crippen MR) is 97.1 cm³/mol. The Balaban J connectivity index is 1.28. The number of carbonyl (C=O) groups excluding carboxylic acids is 1. The van der Waals surface area contributed by atoms with Gasteiger partial charge in [-0.2, -0.15) is 5.10 Å². The maximum Gasteiger partial charge on any atom is 0.226 e. The van der Waals surface area contributed by atoms with Crippen molar-refractivity contribution < 1.29 is 4.79 Å². The minimum absolute atomic E-state index is 0.174. The quantitative estimate of drug-likeness (QED) is 0.858. The van der Waals surface area contributed by atoms with E-state index in [4.69, 9.17) is 0 Å². The Labute approximate surface area is 149 Å². The number of benzene rings is 1. The van der Waals surface area contributed by atoms with Gasteiger partial charge in [0.2, 0.25) is 5.91 Å². The van der Waals surface area contributed by atoms with E-state index < -0.39 is 0 Å². The van der Waals surface area contributed by atoms with E-state index in [1.54, 1.807) is 0 Å². The summed E-state index contributed by atoms with van der Waals surface area (Å²) >= 11 is 0. The molecule has 1 aliphatic heterocycles. The maximum absolute atomic E-state index is 12.7. The van der Waals surface area contributed by atoms with Gasteiger partial charge in [-0.3, -0.25) is 14.4 Å². The Morgan fingerprint density at radius 2 is 2.04 bits per heavy atom. The highest BCUT2D eigenvalue weighted by atomic mass is 16.2. The Bertz CT molecular complexity index is 761. The van der Waals surface area contributed by atoms with Crippen molar-refractivity contribution in [2.75, 3.05) is 26.2 Å². The number of hydrogen-bond acceptors (Lipinski definition) is 3. The molecule has 0 N–H and O–H groups in total. The Hall–Kier alpha value is -2.14. The Morgan fingerprint density at radius 3 is 2.72 bits per heavy atom. The molecule has 1 saturated carbocycles. The number of aromatic nitrogens is 2. The van der Waals surface area contributed by atoms with Crippen molar-refractivity contribution in [2.24, 2.45) is 13.0 Å². The fourth-order valence-electron chi connectivity index (χ4n) is 3.90. The second-order valence-corrected chi connectivity index (χ2v) is 7.49. The molecule has 132 valence electrons. The fraction of sp³-hybridized carbons (Fsp3) is 0.500. The summed E-state index contributed by atoms with van der Waals surface area (Å²) in [7, 11) is 1.93. The lowest BCUT2D eigenvalue weighted by atomic mass is 10.1. The third-order valence-corrected chi connectivity index (χ3v) is 5.43. The number of carbonyl (C=O) groups is 1. The molecule has 1 aromatic heterocycles. The van der Waals surface area contributed by atoms with Gasteiger partial charge >= 0.3 is 0 Å². The van der Waals surface area contributed by atoms with Gasteiger partial charge in [0, 0.05) is 51.9 Å². The molecule has 0 bridgehead atoms. The van der Waals surface area contributed by atoms with Crippen LogP contribution in [0.3, 0.4) is 0 Å². The lowest BCUT2D eigenvalue weighted by Crippen LogP contribution is -2.48. The van der Waals surface area contributed by atoms with Crippen molar-refractivity contribution in [3.05, 3.63) is 53.3 Å². The first kappa shape index (κ1) is 16.3. The van der Waals surface area contributed by atoms with Gasteiger partial charge < -0.3 is 4.90 Å². The highest BCUT2D eigenvalue weighted by molar-refractivity contribution is 5.83. The van der Waals surface area contributed by atoms with E-state index in [0.29, 0.717) is 11.8 Å². The molecule has 1 aromatic carbocycles. The van der Waals surface area contributed by atoms with Gasteiger partial charge in [-0.25, -0.2) is 0 Å². The third-order valence-electron chi connectivity index (χ3n) is 5.43. The van der Waals surface area contributed by atoms with Crippen molar-refractivity contribution in [2.45, 2.75) is 25.8 Å². The normalized spacial score (nSPS) is 23.7. The molecule has 25 heavy (non-hydrogen) atoms. The fourth-order valence-corrected chi connectivity index (χ4v) is 3.90. The molecule has 1 aliphatic carbocycles. The summed E-state index contributed by atoms with van der Waals surface area (Å²) in [6.45, 7) is 6.73. The van der Waals surface area contributed by atoms with Gasteiger partial charge in [-0.1, -0.05) is 29.8 Å². The summed E-state index contributed by atoms with van der Waals surface area (Å²) in [4.78, 5) is 17.3. The van der Waals surface area contributed by atoms with Gasteiger partial charge in [0.15, 0.2) is 0 Å². The van der Waals surface area contributed by atoms with E-state index in [9.17, 15) is 4.79 Å². The summed E-state index contributed by atoms with van der Waals surface area (Å²) in [6.07, 6.45) is 4.92. The van der Waals surface area contributed by atoms with Gasteiger partial charge in [0.25, 0.3) is 0 Å². The van der Waals surface area contributed by atoms with Crippen molar-refractivity contribution in [1.82, 2.24) is 19.6 Å². The zero-order chi connectivity index (χ0) is 17.4. The van der Waals surface area contributed by atoms with Crippen LogP contribution < -0.4 is 0 Å². The Morgan fingerprint density at radius 1 is 1.24 bits per heavy atom. The lowest BCUT2D eigenvalue weighted by Gasteiger charge is -2.35. The van der Waals surface area contributed by atoms with E-state index in [1.165, 1.54) is 16.7 Å². The van der Waals surface area contributed by atoms with Crippen LogP contribution in [0.4, 0.5) is 0 Å². The lowest BCUT2D eigenvalue weighted by molar-refractivity contribution is -0.134. The smallest absolute Gasteiger partial charge is 0.226 e. The topological polar surface area (TPSA) is 41.4 Å². The van der Waals surface area contributed by atoms with Gasteiger partial charge in [-0.05, 0) is 30.4 Å². The number of aryl methyl sites for hydroxylation is 2. The molecular formula is C20H26N4O. The Kier molecular flexibility index (Phi) is 4.34. The zero-order valence-corrected chi connectivity index (χ0v) is 15.1. The largest absolute Gasteiger partial charge is 0.340 e. The van der Waals surface area contributed by atoms with Crippen molar-refractivity contribution in [1.29, 1.82) is 0 Å². The molecule has 2 aliphatic rings. The maximum atomic E-state index is 12.7. The van der Waals surface area contributed by atoms with Crippen molar-refractivity contribution in [3.63, 3.8) is 0 Å². The summed E-state index contributed by atoms with van der Waals surface area (Å²) < 4.78 is 1.82. The summed E-state index contributed by atoms with van der Waals surface area (Å²) in [5, 5.41) is 4.23. The summed E-state index contributed by atoms with van der Waals surface area (Å²) in [5.74, 6) is 0.892. The summed E-state index contributed by atoms with van der Waals surface area (Å²) in [6, 6.07) is 8.69. The first-order valence-corrected chi connectivity index (χ1v) is 9.15. The highest BCUT2D eigenvalue weighted by Gasteiger charge is 2.46. The zero-order valence-electron chi connectivity index (χ0n) is 15.1. The molecular weight excluding hydrogens is 312 g/mol. The number of piperazine rings is 1. The number of rotatable bonds is 4. The van der Waals surface area contributed by atoms with Crippen LogP contribution in [0.15, 0.2) is 36.7 Å². The third kappa shape index (κ3) is 3.61. The van der Waals surface area contributed by atoms with Crippen LogP contribution in [0.1, 0.15) is 29.0 Å². The molecule has 5 nitrogen and oxygen atoms in total. The SMILES string of the molecule is Cc1cccc(CN2CCN(C(=O)[C@@H]3C[C@H]3c3cnn(C)c3)CC2)c1. The van der Waals surface area contributed by atoms with Crippen molar-refractivity contribution in [3.8, 4) is 0 Å². The van der Waals surface area contributed by atoms with Crippen LogP contribution >= 0.6 is 0 Å². The second kappa shape index (κ2) is 6.64. The highest BCUT2D eigenvalue weighted by Crippen LogP contribution is 2.48.